The lowest BCUT2D eigenvalue weighted by atomic mass is 10.2. The number of hydrogen-bond donors (Lipinski definition) is 0. The summed E-state index contributed by atoms with van der Waals surface area (Å²) in [5.41, 5.74) is 1.44. The first-order valence-corrected chi connectivity index (χ1v) is 9.75. The Hall–Kier alpha value is -3.48. The third kappa shape index (κ3) is 4.51. The SMILES string of the molecule is CN(Cc1ccccc1)C(=O)c1ccc(N2CCN(c3ccccn3)CC2)nn1. The van der Waals surface area contributed by atoms with Gasteiger partial charge in [0.25, 0.3) is 5.91 Å². The number of benzene rings is 1. The van der Waals surface area contributed by atoms with Crippen molar-refractivity contribution in [2.24, 2.45) is 0 Å². The minimum absolute atomic E-state index is 0.132. The first-order valence-electron chi connectivity index (χ1n) is 9.75. The van der Waals surface area contributed by atoms with Gasteiger partial charge in [0, 0.05) is 46.0 Å². The molecule has 0 radical (unpaired) electrons. The van der Waals surface area contributed by atoms with Gasteiger partial charge in [0.05, 0.1) is 0 Å². The average Bonchev–Trinajstić information content (AvgIpc) is 2.80. The van der Waals surface area contributed by atoms with Gasteiger partial charge in [-0.2, -0.15) is 0 Å². The predicted octanol–water partition coefficient (Wildman–Crippen LogP) is 2.47. The van der Waals surface area contributed by atoms with Gasteiger partial charge >= 0.3 is 0 Å². The molecule has 0 atom stereocenters. The van der Waals surface area contributed by atoms with Gasteiger partial charge in [-0.1, -0.05) is 36.4 Å². The van der Waals surface area contributed by atoms with Gasteiger partial charge in [-0.05, 0) is 29.8 Å². The number of carbonyl (C=O) groups excluding carboxylic acids is 1. The summed E-state index contributed by atoms with van der Waals surface area (Å²) in [6.07, 6.45) is 1.82. The first-order chi connectivity index (χ1) is 14.2. The van der Waals surface area contributed by atoms with E-state index in [0.29, 0.717) is 12.2 Å². The van der Waals surface area contributed by atoms with Crippen molar-refractivity contribution in [2.45, 2.75) is 6.54 Å². The summed E-state index contributed by atoms with van der Waals surface area (Å²) >= 11 is 0. The number of hydrogen-bond acceptors (Lipinski definition) is 6. The molecule has 0 unspecified atom stereocenters. The Bertz CT molecular complexity index is 925. The van der Waals surface area contributed by atoms with Crippen molar-refractivity contribution in [3.63, 3.8) is 0 Å². The van der Waals surface area contributed by atoms with E-state index < -0.39 is 0 Å². The Balaban J connectivity index is 1.35. The van der Waals surface area contributed by atoms with Gasteiger partial charge in [0.1, 0.15) is 5.82 Å². The van der Waals surface area contributed by atoms with Crippen molar-refractivity contribution in [1.29, 1.82) is 0 Å². The molecule has 4 rings (SSSR count). The molecule has 0 N–H and O–H groups in total. The largest absolute Gasteiger partial charge is 0.353 e. The fourth-order valence-corrected chi connectivity index (χ4v) is 3.44. The molecule has 1 amide bonds. The molecule has 7 heteroatoms. The van der Waals surface area contributed by atoms with E-state index in [1.54, 1.807) is 18.0 Å². The van der Waals surface area contributed by atoms with Crippen LogP contribution in [0.25, 0.3) is 0 Å². The number of anilines is 2. The van der Waals surface area contributed by atoms with Gasteiger partial charge in [0.15, 0.2) is 11.5 Å². The summed E-state index contributed by atoms with van der Waals surface area (Å²) in [4.78, 5) is 23.2. The number of pyridine rings is 1. The lowest BCUT2D eigenvalue weighted by Crippen LogP contribution is -2.47. The van der Waals surface area contributed by atoms with Crippen molar-refractivity contribution >= 4 is 17.5 Å². The number of piperazine rings is 1. The van der Waals surface area contributed by atoms with Crippen molar-refractivity contribution in [1.82, 2.24) is 20.1 Å². The summed E-state index contributed by atoms with van der Waals surface area (Å²) in [5.74, 6) is 1.67. The molecule has 2 aromatic heterocycles. The van der Waals surface area contributed by atoms with Crippen molar-refractivity contribution in [3.05, 3.63) is 78.1 Å². The number of carbonyl (C=O) groups is 1. The molecule has 0 spiro atoms. The van der Waals surface area contributed by atoms with Crippen molar-refractivity contribution in [2.75, 3.05) is 43.0 Å². The highest BCUT2D eigenvalue weighted by Crippen LogP contribution is 2.17. The van der Waals surface area contributed by atoms with Crippen LogP contribution in [0.1, 0.15) is 16.1 Å². The van der Waals surface area contributed by atoms with Gasteiger partial charge < -0.3 is 14.7 Å². The zero-order valence-electron chi connectivity index (χ0n) is 16.5. The van der Waals surface area contributed by atoms with Crippen LogP contribution in [0.15, 0.2) is 66.9 Å². The van der Waals surface area contributed by atoms with E-state index in [2.05, 4.69) is 25.0 Å². The second-order valence-corrected chi connectivity index (χ2v) is 7.09. The lowest BCUT2D eigenvalue weighted by Gasteiger charge is -2.35. The Labute approximate surface area is 170 Å². The summed E-state index contributed by atoms with van der Waals surface area (Å²) < 4.78 is 0. The van der Waals surface area contributed by atoms with Crippen LogP contribution in [0.5, 0.6) is 0 Å². The van der Waals surface area contributed by atoms with Crippen LogP contribution in [0, 0.1) is 0 Å². The number of amides is 1. The number of nitrogens with zero attached hydrogens (tertiary/aromatic N) is 6. The van der Waals surface area contributed by atoms with Crippen LogP contribution in [0.3, 0.4) is 0 Å². The van der Waals surface area contributed by atoms with Crippen molar-refractivity contribution in [3.8, 4) is 0 Å². The molecular weight excluding hydrogens is 364 g/mol. The third-order valence-electron chi connectivity index (χ3n) is 5.06. The van der Waals surface area contributed by atoms with Crippen LogP contribution in [-0.4, -0.2) is 59.2 Å². The highest BCUT2D eigenvalue weighted by molar-refractivity contribution is 5.92. The van der Waals surface area contributed by atoms with E-state index >= 15 is 0 Å². The molecule has 1 aliphatic heterocycles. The summed E-state index contributed by atoms with van der Waals surface area (Å²) in [6, 6.07) is 19.5. The van der Waals surface area contributed by atoms with Crippen LogP contribution in [0.2, 0.25) is 0 Å². The second kappa shape index (κ2) is 8.68. The zero-order valence-corrected chi connectivity index (χ0v) is 16.5. The van der Waals surface area contributed by atoms with E-state index in [-0.39, 0.29) is 5.91 Å². The molecule has 3 aromatic rings. The van der Waals surface area contributed by atoms with Gasteiger partial charge in [-0.25, -0.2) is 4.98 Å². The molecule has 3 heterocycles. The van der Waals surface area contributed by atoms with E-state index in [1.165, 1.54) is 0 Å². The minimum atomic E-state index is -0.132. The average molecular weight is 388 g/mol. The smallest absolute Gasteiger partial charge is 0.274 e. The van der Waals surface area contributed by atoms with Gasteiger partial charge in [-0.3, -0.25) is 4.79 Å². The monoisotopic (exact) mass is 388 g/mol. The fraction of sp³-hybridized carbons (Fsp3) is 0.273. The molecule has 1 aliphatic rings. The normalized spacial score (nSPS) is 14.0. The predicted molar refractivity (Wildman–Crippen MR) is 113 cm³/mol. The quantitative estimate of drug-likeness (QED) is 0.669. The molecule has 29 heavy (non-hydrogen) atoms. The highest BCUT2D eigenvalue weighted by atomic mass is 16.2. The van der Waals surface area contributed by atoms with E-state index in [1.807, 2.05) is 60.8 Å². The van der Waals surface area contributed by atoms with Crippen LogP contribution in [-0.2, 0) is 6.54 Å². The number of rotatable bonds is 5. The maximum Gasteiger partial charge on any atom is 0.274 e. The van der Waals surface area contributed by atoms with E-state index in [4.69, 9.17) is 0 Å². The summed E-state index contributed by atoms with van der Waals surface area (Å²) in [6.45, 7) is 3.97. The molecule has 7 nitrogen and oxygen atoms in total. The van der Waals surface area contributed by atoms with E-state index in [0.717, 1.165) is 43.4 Å². The summed E-state index contributed by atoms with van der Waals surface area (Å²) in [5, 5.41) is 8.49. The van der Waals surface area contributed by atoms with Crippen LogP contribution in [0.4, 0.5) is 11.6 Å². The fourth-order valence-electron chi connectivity index (χ4n) is 3.44. The molecular formula is C22H24N6O. The molecule has 148 valence electrons. The first kappa shape index (κ1) is 18.9. The minimum Gasteiger partial charge on any atom is -0.353 e. The van der Waals surface area contributed by atoms with Gasteiger partial charge in [0.2, 0.25) is 0 Å². The Morgan fingerprint density at radius 3 is 2.17 bits per heavy atom. The van der Waals surface area contributed by atoms with E-state index in [9.17, 15) is 4.79 Å². The molecule has 1 aromatic carbocycles. The molecule has 0 bridgehead atoms. The Morgan fingerprint density at radius 2 is 1.55 bits per heavy atom. The van der Waals surface area contributed by atoms with Crippen LogP contribution >= 0.6 is 0 Å². The molecule has 0 aliphatic carbocycles. The van der Waals surface area contributed by atoms with Gasteiger partial charge in [-0.15, -0.1) is 10.2 Å². The summed E-state index contributed by atoms with van der Waals surface area (Å²) in [7, 11) is 1.78. The second-order valence-electron chi connectivity index (χ2n) is 7.09. The topological polar surface area (TPSA) is 65.5 Å². The highest BCUT2D eigenvalue weighted by Gasteiger charge is 2.20. The maximum absolute atomic E-state index is 12.6. The molecule has 0 saturated carbocycles. The number of aromatic nitrogens is 3. The molecule has 1 fully saturated rings. The Morgan fingerprint density at radius 1 is 0.862 bits per heavy atom. The third-order valence-corrected chi connectivity index (χ3v) is 5.06. The van der Waals surface area contributed by atoms with Crippen molar-refractivity contribution < 1.29 is 4.79 Å². The molecule has 1 saturated heterocycles. The Kier molecular flexibility index (Phi) is 5.65. The lowest BCUT2D eigenvalue weighted by molar-refractivity contribution is 0.0778. The maximum atomic E-state index is 12.6. The van der Waals surface area contributed by atoms with Crippen LogP contribution < -0.4 is 9.80 Å². The standard InChI is InChI=1S/C22H24N6O/c1-26(17-18-7-3-2-4-8-18)22(29)19-10-11-21(25-24-19)28-15-13-27(14-16-28)20-9-5-6-12-23-20/h2-12H,13-17H2,1H3. The zero-order chi connectivity index (χ0) is 20.1.